The average molecular weight is 348 g/mol. The van der Waals surface area contributed by atoms with Gasteiger partial charge in [-0.15, -0.1) is 0 Å². The number of anilines is 1. The Bertz CT molecular complexity index is 694. The van der Waals surface area contributed by atoms with Crippen molar-refractivity contribution in [1.82, 2.24) is 0 Å². The molecular formula is C17H15BrFNO. The van der Waals surface area contributed by atoms with Gasteiger partial charge in [-0.05, 0) is 53.8 Å². The molecule has 1 unspecified atom stereocenters. The highest BCUT2D eigenvalue weighted by molar-refractivity contribution is 9.09. The highest BCUT2D eigenvalue weighted by Gasteiger charge is 2.18. The minimum Gasteiger partial charge on any atom is -0.326 e. The van der Waals surface area contributed by atoms with E-state index in [0.29, 0.717) is 6.42 Å². The molecule has 0 aromatic heterocycles. The molecule has 0 fully saturated rings. The molecule has 2 aromatic rings. The monoisotopic (exact) mass is 347 g/mol. The topological polar surface area (TPSA) is 29.1 Å². The van der Waals surface area contributed by atoms with Gasteiger partial charge in [-0.2, -0.15) is 0 Å². The van der Waals surface area contributed by atoms with Crippen LogP contribution in [0.4, 0.5) is 10.1 Å². The van der Waals surface area contributed by atoms with E-state index in [1.54, 1.807) is 6.07 Å². The zero-order chi connectivity index (χ0) is 15.0. The van der Waals surface area contributed by atoms with Crippen LogP contribution in [0.3, 0.4) is 0 Å². The van der Waals surface area contributed by atoms with Crippen LogP contribution in [0.1, 0.15) is 33.5 Å². The molecule has 3 rings (SSSR count). The van der Waals surface area contributed by atoms with Crippen LogP contribution in [0, 0.1) is 12.7 Å². The summed E-state index contributed by atoms with van der Waals surface area (Å²) in [5.41, 5.74) is 4.87. The molecule has 4 heteroatoms. The number of alkyl halides is 1. The quantitative estimate of drug-likeness (QED) is 0.796. The Morgan fingerprint density at radius 2 is 1.95 bits per heavy atom. The number of hydrogen-bond donors (Lipinski definition) is 1. The van der Waals surface area contributed by atoms with E-state index in [-0.39, 0.29) is 16.6 Å². The van der Waals surface area contributed by atoms with Gasteiger partial charge in [0.2, 0.25) is 5.91 Å². The molecule has 1 atom stereocenters. The maximum absolute atomic E-state index is 13.6. The number of rotatable bonds is 2. The fourth-order valence-electron chi connectivity index (χ4n) is 2.66. The Hall–Kier alpha value is -1.68. The normalized spacial score (nSPS) is 15.3. The Balaban J connectivity index is 1.94. The molecule has 1 aliphatic rings. The maximum atomic E-state index is 13.6. The van der Waals surface area contributed by atoms with Gasteiger partial charge in [0.05, 0.1) is 4.83 Å². The first kappa shape index (κ1) is 14.3. The summed E-state index contributed by atoms with van der Waals surface area (Å²) in [5, 5.41) is 2.87. The Kier molecular flexibility index (Phi) is 3.81. The van der Waals surface area contributed by atoms with Crippen molar-refractivity contribution in [2.45, 2.75) is 24.6 Å². The molecule has 0 radical (unpaired) electrons. The summed E-state index contributed by atoms with van der Waals surface area (Å²) in [4.78, 5) is 11.3. The van der Waals surface area contributed by atoms with Crippen LogP contribution in [-0.4, -0.2) is 5.91 Å². The first-order valence-corrected chi connectivity index (χ1v) is 7.78. The van der Waals surface area contributed by atoms with Crippen molar-refractivity contribution in [2.24, 2.45) is 0 Å². The number of aryl methyl sites for hydroxylation is 2. The van der Waals surface area contributed by atoms with Crippen LogP contribution < -0.4 is 5.32 Å². The lowest BCUT2D eigenvalue weighted by Crippen LogP contribution is -2.19. The number of carbonyl (C=O) groups excluding carboxylic acids is 1. The van der Waals surface area contributed by atoms with Gasteiger partial charge < -0.3 is 5.32 Å². The third-order valence-corrected chi connectivity index (χ3v) is 4.73. The molecule has 0 aliphatic carbocycles. The van der Waals surface area contributed by atoms with Crippen LogP contribution in [0.5, 0.6) is 0 Å². The lowest BCUT2D eigenvalue weighted by molar-refractivity contribution is -0.116. The predicted molar refractivity (Wildman–Crippen MR) is 85.3 cm³/mol. The Labute approximate surface area is 131 Å². The minimum absolute atomic E-state index is 0.0603. The number of halogens is 2. The van der Waals surface area contributed by atoms with Crippen molar-refractivity contribution in [3.05, 3.63) is 64.5 Å². The summed E-state index contributed by atoms with van der Waals surface area (Å²) in [6.45, 7) is 1.88. The van der Waals surface area contributed by atoms with E-state index < -0.39 is 0 Å². The fraction of sp³-hybridized carbons (Fsp3) is 0.235. The van der Waals surface area contributed by atoms with Crippen LogP contribution >= 0.6 is 15.9 Å². The van der Waals surface area contributed by atoms with E-state index in [9.17, 15) is 9.18 Å². The third-order valence-electron chi connectivity index (χ3n) is 3.67. The number of carbonyl (C=O) groups is 1. The summed E-state index contributed by atoms with van der Waals surface area (Å²) in [6, 6.07) is 11.0. The summed E-state index contributed by atoms with van der Waals surface area (Å²) in [5.74, 6) is -0.161. The van der Waals surface area contributed by atoms with E-state index in [4.69, 9.17) is 0 Å². The molecule has 1 heterocycles. The number of hydrogen-bond acceptors (Lipinski definition) is 1. The molecule has 0 spiro atoms. The van der Waals surface area contributed by atoms with Crippen molar-refractivity contribution in [3.63, 3.8) is 0 Å². The molecule has 0 bridgehead atoms. The molecule has 0 saturated carbocycles. The van der Waals surface area contributed by atoms with Gasteiger partial charge in [0, 0.05) is 12.1 Å². The zero-order valence-electron chi connectivity index (χ0n) is 11.6. The number of fused-ring (bicyclic) bond motifs is 1. The maximum Gasteiger partial charge on any atom is 0.224 e. The molecule has 1 N–H and O–H groups in total. The van der Waals surface area contributed by atoms with Gasteiger partial charge in [0.15, 0.2) is 0 Å². The van der Waals surface area contributed by atoms with Crippen molar-refractivity contribution >= 4 is 27.5 Å². The van der Waals surface area contributed by atoms with Gasteiger partial charge >= 0.3 is 0 Å². The summed E-state index contributed by atoms with van der Waals surface area (Å²) >= 11 is 3.65. The standard InChI is InChI=1S/C17H15BrFNO/c1-10-6-13(9-14(19)7-10)17(18)12-2-4-15-11(8-12)3-5-16(21)20-15/h2,4,6-9,17H,3,5H2,1H3,(H,20,21). The highest BCUT2D eigenvalue weighted by Crippen LogP contribution is 2.34. The molecule has 0 saturated heterocycles. The average Bonchev–Trinajstić information content (AvgIpc) is 2.45. The molecular weight excluding hydrogens is 333 g/mol. The number of nitrogens with one attached hydrogen (secondary N) is 1. The molecule has 2 nitrogen and oxygen atoms in total. The van der Waals surface area contributed by atoms with Crippen molar-refractivity contribution in [2.75, 3.05) is 5.32 Å². The lowest BCUT2D eigenvalue weighted by atomic mass is 9.96. The smallest absolute Gasteiger partial charge is 0.224 e. The number of amides is 1. The van der Waals surface area contributed by atoms with Crippen LogP contribution in [0.15, 0.2) is 36.4 Å². The molecule has 1 aliphatic heterocycles. The Morgan fingerprint density at radius 3 is 2.71 bits per heavy atom. The van der Waals surface area contributed by atoms with Crippen LogP contribution in [0.25, 0.3) is 0 Å². The predicted octanol–water partition coefficient (Wildman–Crippen LogP) is 4.50. The summed E-state index contributed by atoms with van der Waals surface area (Å²) in [7, 11) is 0. The van der Waals surface area contributed by atoms with Crippen molar-refractivity contribution in [1.29, 1.82) is 0 Å². The second-order valence-electron chi connectivity index (χ2n) is 5.39. The van der Waals surface area contributed by atoms with E-state index in [1.165, 1.54) is 6.07 Å². The largest absolute Gasteiger partial charge is 0.326 e. The zero-order valence-corrected chi connectivity index (χ0v) is 13.2. The van der Waals surface area contributed by atoms with Gasteiger partial charge in [0.1, 0.15) is 5.82 Å². The van der Waals surface area contributed by atoms with E-state index in [2.05, 4.69) is 27.3 Å². The molecule has 21 heavy (non-hydrogen) atoms. The second kappa shape index (κ2) is 5.60. The van der Waals surface area contributed by atoms with Gasteiger partial charge in [-0.1, -0.05) is 34.1 Å². The number of benzene rings is 2. The van der Waals surface area contributed by atoms with E-state index in [1.807, 2.05) is 25.1 Å². The van der Waals surface area contributed by atoms with E-state index >= 15 is 0 Å². The first-order valence-electron chi connectivity index (χ1n) is 6.87. The van der Waals surface area contributed by atoms with Crippen molar-refractivity contribution < 1.29 is 9.18 Å². The van der Waals surface area contributed by atoms with Crippen LogP contribution in [-0.2, 0) is 11.2 Å². The van der Waals surface area contributed by atoms with E-state index in [0.717, 1.165) is 34.4 Å². The van der Waals surface area contributed by atoms with Gasteiger partial charge in [-0.25, -0.2) is 4.39 Å². The SMILES string of the molecule is Cc1cc(F)cc(C(Br)c2ccc3c(c2)CCC(=O)N3)c1. The summed E-state index contributed by atoms with van der Waals surface area (Å²) in [6.07, 6.45) is 1.26. The fourth-order valence-corrected chi connectivity index (χ4v) is 3.21. The lowest BCUT2D eigenvalue weighted by Gasteiger charge is -2.19. The first-order chi connectivity index (χ1) is 10.0. The van der Waals surface area contributed by atoms with Gasteiger partial charge in [-0.3, -0.25) is 4.79 Å². The Morgan fingerprint density at radius 1 is 1.14 bits per heavy atom. The minimum atomic E-state index is -0.223. The second-order valence-corrected chi connectivity index (χ2v) is 6.30. The van der Waals surface area contributed by atoms with Gasteiger partial charge in [0.25, 0.3) is 0 Å². The molecule has 2 aromatic carbocycles. The molecule has 108 valence electrons. The highest BCUT2D eigenvalue weighted by atomic mass is 79.9. The van der Waals surface area contributed by atoms with Crippen molar-refractivity contribution in [3.8, 4) is 0 Å². The third kappa shape index (κ3) is 3.00. The van der Waals surface area contributed by atoms with Crippen LogP contribution in [0.2, 0.25) is 0 Å². The summed E-state index contributed by atoms with van der Waals surface area (Å²) < 4.78 is 13.6. The molecule has 1 amide bonds.